The van der Waals surface area contributed by atoms with Crippen LogP contribution in [0.2, 0.25) is 0 Å². The number of rotatable bonds is 16. The number of hydrogen-bond donors (Lipinski definition) is 1. The number of ether oxygens (including phenoxy) is 3. The molecule has 2 aromatic rings. The number of nitrogens with zero attached hydrogens (tertiary/aromatic N) is 1. The summed E-state index contributed by atoms with van der Waals surface area (Å²) >= 11 is 0. The van der Waals surface area contributed by atoms with Crippen LogP contribution in [0.3, 0.4) is 0 Å². The van der Waals surface area contributed by atoms with E-state index in [1.54, 1.807) is 18.2 Å². The number of carboxylic acids is 1. The van der Waals surface area contributed by atoms with Crippen LogP contribution in [0.15, 0.2) is 42.5 Å². The van der Waals surface area contributed by atoms with Crippen molar-refractivity contribution in [2.75, 3.05) is 27.3 Å². The summed E-state index contributed by atoms with van der Waals surface area (Å²) in [6.45, 7) is 1.52. The highest BCUT2D eigenvalue weighted by Crippen LogP contribution is 2.45. The molecule has 2 atom stereocenters. The molecular formula is C29H38F3NO5. The number of benzene rings is 2. The summed E-state index contributed by atoms with van der Waals surface area (Å²) in [6.07, 6.45) is 0.148. The predicted octanol–water partition coefficient (Wildman–Crippen LogP) is 6.67. The minimum Gasteiger partial charge on any atom is -0.497 e. The summed E-state index contributed by atoms with van der Waals surface area (Å²) in [4.78, 5) is 12.5. The van der Waals surface area contributed by atoms with Gasteiger partial charge in [-0.3, -0.25) is 9.69 Å². The second-order valence-electron chi connectivity index (χ2n) is 10.0. The highest BCUT2D eigenvalue weighted by molar-refractivity contribution is 5.68. The van der Waals surface area contributed by atoms with E-state index in [0.717, 1.165) is 37.0 Å². The minimum absolute atomic E-state index is 0.0109. The molecule has 38 heavy (non-hydrogen) atoms. The molecule has 0 spiro atoms. The van der Waals surface area contributed by atoms with Gasteiger partial charge in [-0.1, -0.05) is 25.1 Å². The lowest BCUT2D eigenvalue weighted by atomic mass is 9.91. The Hall–Kier alpha value is -2.94. The van der Waals surface area contributed by atoms with Gasteiger partial charge >= 0.3 is 12.1 Å². The zero-order valence-corrected chi connectivity index (χ0v) is 22.3. The van der Waals surface area contributed by atoms with Crippen LogP contribution in [0.1, 0.15) is 62.5 Å². The maximum Gasteiger partial charge on any atom is 0.401 e. The normalized spacial score (nSPS) is 15.2. The average molecular weight is 538 g/mol. The molecule has 0 radical (unpaired) electrons. The van der Waals surface area contributed by atoms with Crippen LogP contribution < -0.4 is 14.2 Å². The lowest BCUT2D eigenvalue weighted by Gasteiger charge is -2.21. The zero-order valence-electron chi connectivity index (χ0n) is 22.3. The molecule has 3 rings (SSSR count). The third-order valence-corrected chi connectivity index (χ3v) is 6.72. The maximum absolute atomic E-state index is 12.8. The second kappa shape index (κ2) is 13.7. The Morgan fingerprint density at radius 2 is 1.92 bits per heavy atom. The van der Waals surface area contributed by atoms with Gasteiger partial charge in [0.05, 0.1) is 32.8 Å². The highest BCUT2D eigenvalue weighted by atomic mass is 19.4. The van der Waals surface area contributed by atoms with E-state index in [0.29, 0.717) is 36.0 Å². The molecule has 1 aliphatic rings. The first-order valence-electron chi connectivity index (χ1n) is 13.1. The smallest absolute Gasteiger partial charge is 0.401 e. The summed E-state index contributed by atoms with van der Waals surface area (Å²) < 4.78 is 55.8. The largest absolute Gasteiger partial charge is 0.497 e. The van der Waals surface area contributed by atoms with E-state index >= 15 is 0 Å². The highest BCUT2D eigenvalue weighted by Gasteiger charge is 2.34. The molecule has 0 amide bonds. The number of carboxylic acid groups (broad SMARTS) is 1. The van der Waals surface area contributed by atoms with Crippen molar-refractivity contribution in [1.82, 2.24) is 4.90 Å². The van der Waals surface area contributed by atoms with Crippen LogP contribution >= 0.6 is 0 Å². The van der Waals surface area contributed by atoms with Gasteiger partial charge in [-0.05, 0) is 74.8 Å². The number of aliphatic carboxylic acids is 1. The Morgan fingerprint density at radius 1 is 1.16 bits per heavy atom. The molecule has 0 bridgehead atoms. The van der Waals surface area contributed by atoms with Crippen molar-refractivity contribution < 1.29 is 37.3 Å². The molecule has 1 unspecified atom stereocenters. The standard InChI is InChI=1S/C29H38F3NO5/c1-4-23(38-25-8-5-7-21(15-25)26(17-28(34)35)20-10-11-20)9-6-14-37-27-16-24(36-3)13-12-22(27)18-33(2)19-29(30,31)32/h5,7-8,12-13,15-16,20,23,26H,4,6,9-11,14,17-19H2,1-3H3,(H,34,35)/t23-,26?/m0/s1. The lowest BCUT2D eigenvalue weighted by molar-refractivity contribution is -0.144. The quantitative estimate of drug-likeness (QED) is 0.241. The van der Waals surface area contributed by atoms with Crippen LogP contribution in [-0.4, -0.2) is 55.6 Å². The van der Waals surface area contributed by atoms with E-state index in [1.165, 1.54) is 19.1 Å². The van der Waals surface area contributed by atoms with E-state index in [4.69, 9.17) is 14.2 Å². The fourth-order valence-electron chi connectivity index (χ4n) is 4.67. The lowest BCUT2D eigenvalue weighted by Crippen LogP contribution is -2.30. The molecule has 1 saturated carbocycles. The van der Waals surface area contributed by atoms with Crippen molar-refractivity contribution in [1.29, 1.82) is 0 Å². The molecule has 0 heterocycles. The van der Waals surface area contributed by atoms with Crippen LogP contribution in [-0.2, 0) is 11.3 Å². The van der Waals surface area contributed by atoms with Crippen LogP contribution in [0.5, 0.6) is 17.2 Å². The third kappa shape index (κ3) is 9.74. The number of halogens is 3. The van der Waals surface area contributed by atoms with Crippen LogP contribution in [0.4, 0.5) is 13.2 Å². The Balaban J connectivity index is 1.55. The molecule has 9 heteroatoms. The number of methoxy groups -OCH3 is 1. The topological polar surface area (TPSA) is 68.2 Å². The first kappa shape index (κ1) is 29.6. The first-order valence-corrected chi connectivity index (χ1v) is 13.1. The molecule has 210 valence electrons. The molecule has 6 nitrogen and oxygen atoms in total. The van der Waals surface area contributed by atoms with Crippen molar-refractivity contribution >= 4 is 5.97 Å². The van der Waals surface area contributed by atoms with E-state index in [1.807, 2.05) is 31.2 Å². The van der Waals surface area contributed by atoms with Gasteiger partial charge in [-0.15, -0.1) is 0 Å². The minimum atomic E-state index is -4.27. The fraction of sp³-hybridized carbons (Fsp3) is 0.552. The van der Waals surface area contributed by atoms with Gasteiger partial charge in [0, 0.05) is 18.2 Å². The number of hydrogen-bond acceptors (Lipinski definition) is 5. The molecule has 1 fully saturated rings. The van der Waals surface area contributed by atoms with Crippen molar-refractivity contribution in [3.05, 3.63) is 53.6 Å². The van der Waals surface area contributed by atoms with E-state index in [9.17, 15) is 23.1 Å². The van der Waals surface area contributed by atoms with Crippen molar-refractivity contribution in [2.24, 2.45) is 5.92 Å². The fourth-order valence-corrected chi connectivity index (χ4v) is 4.67. The summed E-state index contributed by atoms with van der Waals surface area (Å²) in [6, 6.07) is 12.9. The van der Waals surface area contributed by atoms with Gasteiger partial charge in [0.15, 0.2) is 0 Å². The van der Waals surface area contributed by atoms with Gasteiger partial charge in [-0.2, -0.15) is 13.2 Å². The van der Waals surface area contributed by atoms with Gasteiger partial charge in [0.2, 0.25) is 0 Å². The van der Waals surface area contributed by atoms with Gasteiger partial charge in [-0.25, -0.2) is 0 Å². The van der Waals surface area contributed by atoms with E-state index in [2.05, 4.69) is 0 Å². The third-order valence-electron chi connectivity index (χ3n) is 6.72. The van der Waals surface area contributed by atoms with Gasteiger partial charge in [0.25, 0.3) is 0 Å². The Morgan fingerprint density at radius 3 is 2.55 bits per heavy atom. The molecule has 1 aliphatic carbocycles. The molecule has 0 aromatic heterocycles. The van der Waals surface area contributed by atoms with Crippen LogP contribution in [0.25, 0.3) is 0 Å². The number of carbonyl (C=O) groups is 1. The molecular weight excluding hydrogens is 499 g/mol. The van der Waals surface area contributed by atoms with E-state index in [-0.39, 0.29) is 25.0 Å². The van der Waals surface area contributed by atoms with Crippen molar-refractivity contribution in [3.8, 4) is 17.2 Å². The first-order chi connectivity index (χ1) is 18.1. The van der Waals surface area contributed by atoms with Crippen molar-refractivity contribution in [3.63, 3.8) is 0 Å². The summed E-state index contributed by atoms with van der Waals surface area (Å²) in [7, 11) is 2.95. The maximum atomic E-state index is 12.8. The van der Waals surface area contributed by atoms with E-state index < -0.39 is 18.7 Å². The zero-order chi connectivity index (χ0) is 27.7. The number of alkyl halides is 3. The SMILES string of the molecule is CC[C@@H](CCCOc1cc(OC)ccc1CN(C)CC(F)(F)F)Oc1cccc(C(CC(=O)O)C2CC2)c1. The molecule has 0 saturated heterocycles. The predicted molar refractivity (Wildman–Crippen MR) is 139 cm³/mol. The summed E-state index contributed by atoms with van der Waals surface area (Å²) in [5, 5.41) is 9.31. The Kier molecular flexibility index (Phi) is 10.7. The van der Waals surface area contributed by atoms with Gasteiger partial charge < -0.3 is 19.3 Å². The Labute approximate surface area is 222 Å². The monoisotopic (exact) mass is 537 g/mol. The molecule has 1 N–H and O–H groups in total. The summed E-state index contributed by atoms with van der Waals surface area (Å²) in [5.74, 6) is 1.46. The van der Waals surface area contributed by atoms with Crippen molar-refractivity contribution in [2.45, 2.75) is 70.2 Å². The molecule has 0 aliphatic heterocycles. The second-order valence-corrected chi connectivity index (χ2v) is 10.0. The van der Waals surface area contributed by atoms with Gasteiger partial charge in [0.1, 0.15) is 17.2 Å². The van der Waals surface area contributed by atoms with Crippen LogP contribution in [0, 0.1) is 5.92 Å². The summed E-state index contributed by atoms with van der Waals surface area (Å²) in [5.41, 5.74) is 1.66. The average Bonchev–Trinajstić information content (AvgIpc) is 3.69. The Bertz CT molecular complexity index is 1040. The molecule has 2 aromatic carbocycles.